The molecule has 0 aromatic carbocycles. The van der Waals surface area contributed by atoms with Crippen molar-refractivity contribution >= 4 is 34.2 Å². The maximum atomic E-state index is 12.7. The Morgan fingerprint density at radius 1 is 1.29 bits per heavy atom. The molecule has 7 heteroatoms. The molecular formula is C17H18NO5S-. The number of carboxylic acids is 1. The zero-order valence-electron chi connectivity index (χ0n) is 13.4. The Kier molecular flexibility index (Phi) is 4.45. The predicted molar refractivity (Wildman–Crippen MR) is 86.4 cm³/mol. The number of fused-ring (bicyclic) bond motifs is 2. The van der Waals surface area contributed by atoms with Crippen molar-refractivity contribution in [2.45, 2.75) is 20.3 Å². The number of amides is 1. The molecule has 0 spiro atoms. The van der Waals surface area contributed by atoms with Crippen LogP contribution in [0.2, 0.25) is 0 Å². The summed E-state index contributed by atoms with van der Waals surface area (Å²) in [7, 11) is 0. The zero-order valence-corrected chi connectivity index (χ0v) is 14.2. The van der Waals surface area contributed by atoms with Crippen LogP contribution in [-0.2, 0) is 14.3 Å². The number of thiophene rings is 1. The van der Waals surface area contributed by atoms with Gasteiger partial charge in [0.15, 0.2) is 0 Å². The van der Waals surface area contributed by atoms with Crippen molar-refractivity contribution in [1.29, 1.82) is 0 Å². The van der Waals surface area contributed by atoms with Gasteiger partial charge < -0.3 is 20.0 Å². The van der Waals surface area contributed by atoms with E-state index in [0.29, 0.717) is 17.0 Å². The quantitative estimate of drug-likeness (QED) is 0.640. The standard InChI is InChI=1S/C17H19NO5S/c1-3-23-17(22)11-6-8(2)24-15(11)18-14(19)12-9-4-5-10(7-9)13(12)16(20)21/h4-6,9-10,12-13H,3,7H2,1-2H3,(H,18,19)(H,20,21)/p-1/t9-,10+,12+,13+/m1/s1. The minimum Gasteiger partial charge on any atom is -0.550 e. The Balaban J connectivity index is 1.82. The summed E-state index contributed by atoms with van der Waals surface area (Å²) in [5.74, 6) is -3.79. The van der Waals surface area contributed by atoms with Gasteiger partial charge in [-0.05, 0) is 38.2 Å². The number of aliphatic carboxylic acids is 1. The van der Waals surface area contributed by atoms with Crippen molar-refractivity contribution in [1.82, 2.24) is 0 Å². The second-order valence-corrected chi connectivity index (χ2v) is 7.38. The zero-order chi connectivity index (χ0) is 17.4. The summed E-state index contributed by atoms with van der Waals surface area (Å²) < 4.78 is 5.00. The lowest BCUT2D eigenvalue weighted by atomic mass is 9.82. The lowest BCUT2D eigenvalue weighted by Crippen LogP contribution is -2.42. The van der Waals surface area contributed by atoms with Gasteiger partial charge in [0.05, 0.1) is 18.1 Å². The van der Waals surface area contributed by atoms with Crippen LogP contribution in [-0.4, -0.2) is 24.5 Å². The highest BCUT2D eigenvalue weighted by Gasteiger charge is 2.48. The highest BCUT2D eigenvalue weighted by atomic mass is 32.1. The second-order valence-electron chi connectivity index (χ2n) is 6.13. The monoisotopic (exact) mass is 348 g/mol. The second kappa shape index (κ2) is 6.39. The number of anilines is 1. The SMILES string of the molecule is CCOC(=O)c1cc(C)sc1NC(=O)[C@@H]1[C@@H](C(=O)[O-])[C@H]2C=C[C@@H]1C2. The molecule has 1 saturated carbocycles. The third-order valence-electron chi connectivity index (χ3n) is 4.62. The van der Waals surface area contributed by atoms with Gasteiger partial charge in [-0.3, -0.25) is 4.79 Å². The summed E-state index contributed by atoms with van der Waals surface area (Å²) in [6.07, 6.45) is 4.42. The molecule has 2 aliphatic rings. The Morgan fingerprint density at radius 2 is 1.96 bits per heavy atom. The highest BCUT2D eigenvalue weighted by molar-refractivity contribution is 7.16. The number of ether oxygens (including phenoxy) is 1. The summed E-state index contributed by atoms with van der Waals surface area (Å²) in [5.41, 5.74) is 0.302. The normalized spacial score (nSPS) is 27.2. The predicted octanol–water partition coefficient (Wildman–Crippen LogP) is 1.36. The van der Waals surface area contributed by atoms with E-state index in [4.69, 9.17) is 4.74 Å². The Hall–Kier alpha value is -2.15. The lowest BCUT2D eigenvalue weighted by molar-refractivity contribution is -0.313. The van der Waals surface area contributed by atoms with E-state index < -0.39 is 23.8 Å². The van der Waals surface area contributed by atoms with Crippen LogP contribution in [0.3, 0.4) is 0 Å². The van der Waals surface area contributed by atoms with E-state index in [1.54, 1.807) is 13.0 Å². The van der Waals surface area contributed by atoms with Gasteiger partial charge in [0.2, 0.25) is 5.91 Å². The molecule has 24 heavy (non-hydrogen) atoms. The Morgan fingerprint density at radius 3 is 2.58 bits per heavy atom. The van der Waals surface area contributed by atoms with E-state index in [2.05, 4.69) is 5.32 Å². The van der Waals surface area contributed by atoms with Gasteiger partial charge in [-0.25, -0.2) is 4.79 Å². The number of allylic oxidation sites excluding steroid dienone is 2. The first kappa shape index (κ1) is 16.7. The molecule has 1 aromatic rings. The third-order valence-corrected chi connectivity index (χ3v) is 5.59. The van der Waals surface area contributed by atoms with Crippen molar-refractivity contribution in [2.24, 2.45) is 23.7 Å². The first-order valence-electron chi connectivity index (χ1n) is 7.90. The number of hydrogen-bond acceptors (Lipinski definition) is 6. The Bertz CT molecular complexity index is 723. The minimum atomic E-state index is -1.19. The molecule has 1 amide bonds. The fourth-order valence-corrected chi connectivity index (χ4v) is 4.57. The van der Waals surface area contributed by atoms with Gasteiger partial charge in [0.1, 0.15) is 5.00 Å². The number of rotatable bonds is 5. The third kappa shape index (κ3) is 2.84. The van der Waals surface area contributed by atoms with E-state index in [-0.39, 0.29) is 24.3 Å². The molecule has 2 bridgehead atoms. The van der Waals surface area contributed by atoms with Gasteiger partial charge >= 0.3 is 5.97 Å². The van der Waals surface area contributed by atoms with Crippen LogP contribution in [0.5, 0.6) is 0 Å². The van der Waals surface area contributed by atoms with Gasteiger partial charge in [-0.15, -0.1) is 11.3 Å². The number of esters is 1. The van der Waals surface area contributed by atoms with Crippen molar-refractivity contribution in [3.63, 3.8) is 0 Å². The van der Waals surface area contributed by atoms with E-state index in [1.165, 1.54) is 11.3 Å². The van der Waals surface area contributed by atoms with Crippen LogP contribution in [0, 0.1) is 30.6 Å². The number of carbonyl (C=O) groups excluding carboxylic acids is 3. The minimum absolute atomic E-state index is 0.0926. The molecule has 1 fully saturated rings. The first-order chi connectivity index (χ1) is 11.4. The van der Waals surface area contributed by atoms with E-state index in [0.717, 1.165) is 4.88 Å². The number of aryl methyl sites for hydroxylation is 1. The molecule has 4 atom stereocenters. The van der Waals surface area contributed by atoms with Crippen LogP contribution >= 0.6 is 11.3 Å². The molecule has 1 aromatic heterocycles. The van der Waals surface area contributed by atoms with Gasteiger partial charge in [-0.2, -0.15) is 0 Å². The van der Waals surface area contributed by atoms with E-state index in [9.17, 15) is 19.5 Å². The summed E-state index contributed by atoms with van der Waals surface area (Å²) >= 11 is 1.27. The van der Waals surface area contributed by atoms with Gasteiger partial charge in [-0.1, -0.05) is 12.2 Å². The van der Waals surface area contributed by atoms with Crippen molar-refractivity contribution in [3.8, 4) is 0 Å². The van der Waals surface area contributed by atoms with Crippen molar-refractivity contribution in [3.05, 3.63) is 28.7 Å². The van der Waals surface area contributed by atoms with Crippen molar-refractivity contribution < 1.29 is 24.2 Å². The topological polar surface area (TPSA) is 95.5 Å². The first-order valence-corrected chi connectivity index (χ1v) is 8.71. The number of hydrogen-bond donors (Lipinski definition) is 1. The molecular weight excluding hydrogens is 330 g/mol. The molecule has 6 nitrogen and oxygen atoms in total. The highest BCUT2D eigenvalue weighted by Crippen LogP contribution is 2.48. The average Bonchev–Trinajstić information content (AvgIpc) is 3.20. The van der Waals surface area contributed by atoms with Crippen molar-refractivity contribution in [2.75, 3.05) is 11.9 Å². The molecule has 128 valence electrons. The summed E-state index contributed by atoms with van der Waals surface area (Å²) in [5, 5.41) is 14.6. The van der Waals surface area contributed by atoms with Gasteiger partial charge in [0.25, 0.3) is 0 Å². The maximum absolute atomic E-state index is 12.7. The molecule has 0 saturated heterocycles. The number of nitrogens with one attached hydrogen (secondary N) is 1. The fraction of sp³-hybridized carbons (Fsp3) is 0.471. The molecule has 0 radical (unpaired) electrons. The number of carboxylic acid groups (broad SMARTS) is 1. The van der Waals surface area contributed by atoms with Crippen LogP contribution in [0.15, 0.2) is 18.2 Å². The summed E-state index contributed by atoms with van der Waals surface area (Å²) in [6.45, 7) is 3.78. The van der Waals surface area contributed by atoms with Crippen LogP contribution in [0.1, 0.15) is 28.6 Å². The largest absolute Gasteiger partial charge is 0.550 e. The summed E-state index contributed by atoms with van der Waals surface area (Å²) in [6, 6.07) is 1.66. The molecule has 1 N–H and O–H groups in total. The van der Waals surface area contributed by atoms with E-state index in [1.807, 2.05) is 19.1 Å². The maximum Gasteiger partial charge on any atom is 0.341 e. The average molecular weight is 348 g/mol. The summed E-state index contributed by atoms with van der Waals surface area (Å²) in [4.78, 5) is 37.0. The van der Waals surface area contributed by atoms with E-state index >= 15 is 0 Å². The van der Waals surface area contributed by atoms with Gasteiger partial charge in [0, 0.05) is 16.8 Å². The number of carbonyl (C=O) groups is 3. The van der Waals surface area contributed by atoms with Crippen LogP contribution < -0.4 is 10.4 Å². The molecule has 1 heterocycles. The Labute approximate surface area is 143 Å². The molecule has 0 unspecified atom stereocenters. The molecule has 3 rings (SSSR count). The van der Waals surface area contributed by atoms with Crippen LogP contribution in [0.4, 0.5) is 5.00 Å². The molecule has 2 aliphatic carbocycles. The smallest absolute Gasteiger partial charge is 0.341 e. The lowest BCUT2D eigenvalue weighted by Gasteiger charge is -2.27. The fourth-order valence-electron chi connectivity index (χ4n) is 3.66. The molecule has 0 aliphatic heterocycles. The van der Waals surface area contributed by atoms with Crippen LogP contribution in [0.25, 0.3) is 0 Å².